The molecular weight excluding hydrogens is 278 g/mol. The Morgan fingerprint density at radius 1 is 1.24 bits per heavy atom. The monoisotopic (exact) mass is 309 g/mol. The van der Waals surface area contributed by atoms with Gasteiger partial charge in [-0.3, -0.25) is 4.99 Å². The average molecular weight is 310 g/mol. The van der Waals surface area contributed by atoms with E-state index in [2.05, 4.69) is 38.0 Å². The average Bonchev–Trinajstić information content (AvgIpc) is 2.75. The van der Waals surface area contributed by atoms with Gasteiger partial charge in [0, 0.05) is 23.4 Å². The fourth-order valence-corrected chi connectivity index (χ4v) is 5.63. The topological polar surface area (TPSA) is 27.6 Å². The zero-order valence-electron chi connectivity index (χ0n) is 14.1. The number of piperidine rings is 2. The van der Waals surface area contributed by atoms with Crippen molar-refractivity contribution >= 4 is 16.9 Å². The highest BCUT2D eigenvalue weighted by atomic mass is 32.2. The maximum Gasteiger partial charge on any atom is 0.157 e. The number of nitrogens with zero attached hydrogens (tertiary/aromatic N) is 2. The van der Waals surface area contributed by atoms with Crippen molar-refractivity contribution in [3.8, 4) is 0 Å². The van der Waals surface area contributed by atoms with Gasteiger partial charge in [0.15, 0.2) is 5.17 Å². The van der Waals surface area contributed by atoms with Crippen LogP contribution in [0, 0.1) is 5.41 Å². The minimum atomic E-state index is 0.410. The van der Waals surface area contributed by atoms with Gasteiger partial charge in [-0.25, -0.2) is 0 Å². The molecule has 3 unspecified atom stereocenters. The van der Waals surface area contributed by atoms with Crippen molar-refractivity contribution < 1.29 is 0 Å². The Hall–Kier alpha value is -0.220. The van der Waals surface area contributed by atoms with Crippen molar-refractivity contribution in [3.05, 3.63) is 0 Å². The summed E-state index contributed by atoms with van der Waals surface area (Å²) >= 11 is 1.99. The van der Waals surface area contributed by atoms with E-state index in [0.717, 1.165) is 18.6 Å². The number of amidine groups is 1. The van der Waals surface area contributed by atoms with E-state index in [4.69, 9.17) is 4.99 Å². The second-order valence-electron chi connectivity index (χ2n) is 8.37. The molecule has 0 aromatic carbocycles. The molecule has 0 amide bonds. The van der Waals surface area contributed by atoms with Gasteiger partial charge >= 0.3 is 0 Å². The third-order valence-electron chi connectivity index (χ3n) is 5.22. The van der Waals surface area contributed by atoms with Gasteiger partial charge < -0.3 is 10.2 Å². The first kappa shape index (κ1) is 15.7. The molecule has 120 valence electrons. The van der Waals surface area contributed by atoms with E-state index in [1.807, 2.05) is 11.8 Å². The fraction of sp³-hybridized carbons (Fsp3) is 0.941. The Bertz CT molecular complexity index is 387. The second kappa shape index (κ2) is 6.11. The minimum Gasteiger partial charge on any atom is -0.362 e. The van der Waals surface area contributed by atoms with Gasteiger partial charge in [-0.05, 0) is 44.6 Å². The van der Waals surface area contributed by atoms with E-state index in [1.54, 1.807) is 0 Å². The fourth-order valence-electron chi connectivity index (χ4n) is 4.19. The Morgan fingerprint density at radius 3 is 2.52 bits per heavy atom. The molecule has 3 heterocycles. The first-order chi connectivity index (χ1) is 9.90. The van der Waals surface area contributed by atoms with Gasteiger partial charge in [0.25, 0.3) is 0 Å². The molecule has 2 bridgehead atoms. The standard InChI is InChI=1S/C17H31N3S/c1-17(2,3)10-15-11-18-16(21-15)19-12-8-13-6-5-7-14(9-12)20(13)4/h12-15H,5-11H2,1-4H3,(H,18,19). The van der Waals surface area contributed by atoms with Crippen LogP contribution in [0.1, 0.15) is 59.3 Å². The van der Waals surface area contributed by atoms with Gasteiger partial charge in [0.1, 0.15) is 0 Å². The van der Waals surface area contributed by atoms with Gasteiger partial charge in [0.05, 0.1) is 6.54 Å². The highest BCUT2D eigenvalue weighted by Gasteiger charge is 2.37. The van der Waals surface area contributed by atoms with Gasteiger partial charge in [-0.1, -0.05) is 39.0 Å². The Labute approximate surface area is 134 Å². The lowest BCUT2D eigenvalue weighted by atomic mass is 9.82. The van der Waals surface area contributed by atoms with Crippen molar-refractivity contribution in [2.75, 3.05) is 13.6 Å². The minimum absolute atomic E-state index is 0.410. The lowest BCUT2D eigenvalue weighted by Gasteiger charge is -2.47. The van der Waals surface area contributed by atoms with Crippen LogP contribution in [0.15, 0.2) is 4.99 Å². The van der Waals surface area contributed by atoms with E-state index in [1.165, 1.54) is 43.7 Å². The number of thioether (sulfide) groups is 1. The summed E-state index contributed by atoms with van der Waals surface area (Å²) in [5, 5.41) is 5.67. The normalized spacial score (nSPS) is 37.4. The van der Waals surface area contributed by atoms with Crippen LogP contribution in [-0.4, -0.2) is 47.0 Å². The molecule has 0 spiro atoms. The molecule has 0 aliphatic carbocycles. The third-order valence-corrected chi connectivity index (χ3v) is 6.34. The van der Waals surface area contributed by atoms with Crippen LogP contribution in [0.5, 0.6) is 0 Å². The summed E-state index contributed by atoms with van der Waals surface area (Å²) in [5.74, 6) is 0. The van der Waals surface area contributed by atoms with Crippen molar-refractivity contribution in [1.82, 2.24) is 10.2 Å². The molecule has 0 aromatic rings. The molecule has 2 fully saturated rings. The summed E-state index contributed by atoms with van der Waals surface area (Å²) in [7, 11) is 2.33. The highest BCUT2D eigenvalue weighted by Crippen LogP contribution is 2.35. The molecule has 3 atom stereocenters. The summed E-state index contributed by atoms with van der Waals surface area (Å²) in [6.07, 6.45) is 8.06. The van der Waals surface area contributed by atoms with Gasteiger partial charge in [0.2, 0.25) is 0 Å². The molecule has 0 saturated carbocycles. The maximum absolute atomic E-state index is 4.76. The molecule has 4 heteroatoms. The van der Waals surface area contributed by atoms with Crippen molar-refractivity contribution in [3.63, 3.8) is 0 Å². The molecule has 3 rings (SSSR count). The summed E-state index contributed by atoms with van der Waals surface area (Å²) in [6, 6.07) is 2.25. The van der Waals surface area contributed by atoms with E-state index in [0.29, 0.717) is 16.7 Å². The second-order valence-corrected chi connectivity index (χ2v) is 9.66. The van der Waals surface area contributed by atoms with E-state index >= 15 is 0 Å². The van der Waals surface area contributed by atoms with Crippen molar-refractivity contribution in [2.24, 2.45) is 10.4 Å². The summed E-state index contributed by atoms with van der Waals surface area (Å²) in [6.45, 7) is 8.00. The van der Waals surface area contributed by atoms with E-state index in [9.17, 15) is 0 Å². The van der Waals surface area contributed by atoms with Crippen molar-refractivity contribution in [2.45, 2.75) is 82.7 Å². The molecule has 1 N–H and O–H groups in total. The first-order valence-corrected chi connectivity index (χ1v) is 9.48. The number of aliphatic imine (C=N–C) groups is 1. The molecule has 0 radical (unpaired) electrons. The van der Waals surface area contributed by atoms with Crippen LogP contribution in [-0.2, 0) is 0 Å². The maximum atomic E-state index is 4.76. The predicted molar refractivity (Wildman–Crippen MR) is 93.1 cm³/mol. The largest absolute Gasteiger partial charge is 0.362 e. The van der Waals surface area contributed by atoms with Crippen LogP contribution in [0.3, 0.4) is 0 Å². The Kier molecular flexibility index (Phi) is 4.56. The molecule has 2 saturated heterocycles. The lowest BCUT2D eigenvalue weighted by Crippen LogP contribution is -2.55. The van der Waals surface area contributed by atoms with E-state index in [-0.39, 0.29) is 0 Å². The van der Waals surface area contributed by atoms with Gasteiger partial charge in [-0.2, -0.15) is 0 Å². The van der Waals surface area contributed by atoms with Gasteiger partial charge in [-0.15, -0.1) is 0 Å². The summed E-state index contributed by atoms with van der Waals surface area (Å²) in [5.41, 5.74) is 0.410. The third kappa shape index (κ3) is 3.95. The molecule has 3 aliphatic heterocycles. The number of rotatable bonds is 2. The Morgan fingerprint density at radius 2 is 1.90 bits per heavy atom. The van der Waals surface area contributed by atoms with E-state index < -0.39 is 0 Å². The van der Waals surface area contributed by atoms with Crippen LogP contribution in [0.4, 0.5) is 0 Å². The van der Waals surface area contributed by atoms with Crippen LogP contribution in [0.25, 0.3) is 0 Å². The molecule has 3 nitrogen and oxygen atoms in total. The smallest absolute Gasteiger partial charge is 0.157 e. The molecule has 0 aromatic heterocycles. The number of nitrogens with one attached hydrogen (secondary N) is 1. The Balaban J connectivity index is 1.50. The van der Waals surface area contributed by atoms with Crippen LogP contribution < -0.4 is 5.32 Å². The molecule has 3 aliphatic rings. The lowest BCUT2D eigenvalue weighted by molar-refractivity contribution is 0.0530. The highest BCUT2D eigenvalue weighted by molar-refractivity contribution is 8.14. The SMILES string of the molecule is CN1C2CCCC1CC(NC1=NCC(CC(C)(C)C)S1)C2. The zero-order chi connectivity index (χ0) is 15.0. The number of fused-ring (bicyclic) bond motifs is 2. The van der Waals surface area contributed by atoms with Crippen LogP contribution in [0.2, 0.25) is 0 Å². The summed E-state index contributed by atoms with van der Waals surface area (Å²) in [4.78, 5) is 7.40. The molecular formula is C17H31N3S. The number of hydrogen-bond donors (Lipinski definition) is 1. The zero-order valence-corrected chi connectivity index (χ0v) is 14.9. The predicted octanol–water partition coefficient (Wildman–Crippen LogP) is 3.50. The quantitative estimate of drug-likeness (QED) is 0.846. The first-order valence-electron chi connectivity index (χ1n) is 8.60. The molecule has 21 heavy (non-hydrogen) atoms. The van der Waals surface area contributed by atoms with Crippen molar-refractivity contribution in [1.29, 1.82) is 0 Å². The summed E-state index contributed by atoms with van der Waals surface area (Å²) < 4.78 is 0. The van der Waals surface area contributed by atoms with Crippen LogP contribution >= 0.6 is 11.8 Å². The number of hydrogen-bond acceptors (Lipinski definition) is 4.